The summed E-state index contributed by atoms with van der Waals surface area (Å²) in [6.07, 6.45) is 6.21. The molecule has 0 radical (unpaired) electrons. The van der Waals surface area contributed by atoms with Gasteiger partial charge in [-0.15, -0.1) is 0 Å². The van der Waals surface area contributed by atoms with Crippen LogP contribution in [0.25, 0.3) is 11.0 Å². The maximum absolute atomic E-state index is 11.5. The molecule has 1 saturated heterocycles. The molecule has 0 bridgehead atoms. The van der Waals surface area contributed by atoms with Gasteiger partial charge in [-0.05, 0) is 81.1 Å². The predicted molar refractivity (Wildman–Crippen MR) is 119 cm³/mol. The number of hydrogen-bond donors (Lipinski definition) is 3. The van der Waals surface area contributed by atoms with Crippen molar-refractivity contribution < 1.29 is 15.1 Å². The molecule has 0 aliphatic carbocycles. The van der Waals surface area contributed by atoms with E-state index in [9.17, 15) is 9.90 Å². The molecule has 0 saturated carbocycles. The van der Waals surface area contributed by atoms with Crippen LogP contribution < -0.4 is 5.48 Å². The summed E-state index contributed by atoms with van der Waals surface area (Å²) in [5, 5.41) is 19.9. The molecule has 3 N–H and O–H groups in total. The second kappa shape index (κ2) is 8.78. The highest BCUT2D eigenvalue weighted by molar-refractivity contribution is 5.93. The van der Waals surface area contributed by atoms with E-state index < -0.39 is 11.5 Å². The van der Waals surface area contributed by atoms with Gasteiger partial charge in [-0.3, -0.25) is 10.0 Å². The van der Waals surface area contributed by atoms with Gasteiger partial charge in [0, 0.05) is 36.4 Å². The maximum Gasteiger partial charge on any atom is 0.274 e. The molecule has 1 fully saturated rings. The number of likely N-dealkylation sites (tertiary alicyclic amines) is 1. The maximum atomic E-state index is 11.5. The first-order valence-corrected chi connectivity index (χ1v) is 10.8. The number of aromatic nitrogens is 2. The van der Waals surface area contributed by atoms with E-state index in [0.717, 1.165) is 42.5 Å². The number of carbonyl (C=O) groups excluding carboxylic acids is 1. The number of nitrogens with zero attached hydrogens (tertiary/aromatic N) is 3. The van der Waals surface area contributed by atoms with Crippen LogP contribution in [0.4, 0.5) is 0 Å². The highest BCUT2D eigenvalue weighted by Gasteiger charge is 2.25. The molecule has 4 rings (SSSR count). The van der Waals surface area contributed by atoms with Gasteiger partial charge in [-0.25, -0.2) is 10.5 Å². The highest BCUT2D eigenvalue weighted by Crippen LogP contribution is 2.30. The molecule has 0 atom stereocenters. The van der Waals surface area contributed by atoms with E-state index in [1.54, 1.807) is 17.6 Å². The SMILES string of the molecule is CC(C)(O)CN1CCC(c2cnc3c(ccn3Cc3ccc(C(=O)NO)cc3)c2)CC1. The Morgan fingerprint density at radius 1 is 1.19 bits per heavy atom. The lowest BCUT2D eigenvalue weighted by atomic mass is 9.89. The van der Waals surface area contributed by atoms with Crippen LogP contribution in [0.15, 0.2) is 48.8 Å². The molecule has 7 heteroatoms. The Bertz CT molecular complexity index is 1040. The fourth-order valence-electron chi connectivity index (χ4n) is 4.44. The first-order chi connectivity index (χ1) is 14.8. The molecule has 31 heavy (non-hydrogen) atoms. The minimum Gasteiger partial charge on any atom is -0.389 e. The fourth-order valence-corrected chi connectivity index (χ4v) is 4.44. The minimum absolute atomic E-state index is 0.417. The summed E-state index contributed by atoms with van der Waals surface area (Å²) in [5.41, 5.74) is 4.70. The number of nitrogens with one attached hydrogen (secondary N) is 1. The first-order valence-electron chi connectivity index (χ1n) is 10.8. The smallest absolute Gasteiger partial charge is 0.274 e. The van der Waals surface area contributed by atoms with Gasteiger partial charge >= 0.3 is 0 Å². The zero-order valence-electron chi connectivity index (χ0n) is 18.1. The molecule has 0 spiro atoms. The van der Waals surface area contributed by atoms with Gasteiger partial charge < -0.3 is 14.6 Å². The molecule has 1 aliphatic rings. The summed E-state index contributed by atoms with van der Waals surface area (Å²) in [7, 11) is 0. The Morgan fingerprint density at radius 3 is 2.55 bits per heavy atom. The van der Waals surface area contributed by atoms with E-state index >= 15 is 0 Å². The largest absolute Gasteiger partial charge is 0.389 e. The minimum atomic E-state index is -0.651. The van der Waals surface area contributed by atoms with Crippen molar-refractivity contribution in [2.75, 3.05) is 19.6 Å². The molecule has 2 aromatic heterocycles. The number of benzene rings is 1. The van der Waals surface area contributed by atoms with E-state index in [-0.39, 0.29) is 0 Å². The first kappa shape index (κ1) is 21.5. The number of hydrogen-bond acceptors (Lipinski definition) is 5. The summed E-state index contributed by atoms with van der Waals surface area (Å²) in [5.74, 6) is -0.0124. The van der Waals surface area contributed by atoms with E-state index in [1.165, 1.54) is 5.56 Å². The molecule has 3 heterocycles. The Kier molecular flexibility index (Phi) is 6.09. The van der Waals surface area contributed by atoms with Crippen LogP contribution >= 0.6 is 0 Å². The number of aliphatic hydroxyl groups is 1. The number of carbonyl (C=O) groups is 1. The van der Waals surface area contributed by atoms with Crippen LogP contribution in [0.2, 0.25) is 0 Å². The Balaban J connectivity index is 1.43. The number of β-amino-alcohol motifs (C(OH)–C–C–N with tert-alkyl or cyclic N) is 1. The van der Waals surface area contributed by atoms with Crippen molar-refractivity contribution in [2.45, 2.75) is 44.8 Å². The summed E-state index contributed by atoms with van der Waals surface area (Å²) < 4.78 is 2.10. The second-order valence-corrected chi connectivity index (χ2v) is 9.13. The summed E-state index contributed by atoms with van der Waals surface area (Å²) in [6, 6.07) is 11.5. The monoisotopic (exact) mass is 422 g/mol. The Hall–Kier alpha value is -2.74. The van der Waals surface area contributed by atoms with E-state index in [2.05, 4.69) is 21.6 Å². The quantitative estimate of drug-likeness (QED) is 0.419. The van der Waals surface area contributed by atoms with Gasteiger partial charge in [0.1, 0.15) is 5.65 Å². The van der Waals surface area contributed by atoms with Gasteiger partial charge in [0.05, 0.1) is 5.60 Å². The van der Waals surface area contributed by atoms with Crippen LogP contribution in [0.1, 0.15) is 54.1 Å². The van der Waals surface area contributed by atoms with Crippen molar-refractivity contribution in [1.29, 1.82) is 0 Å². The van der Waals surface area contributed by atoms with Crippen molar-refractivity contribution in [3.8, 4) is 0 Å². The van der Waals surface area contributed by atoms with E-state index in [0.29, 0.717) is 24.6 Å². The van der Waals surface area contributed by atoms with E-state index in [4.69, 9.17) is 10.2 Å². The van der Waals surface area contributed by atoms with Gasteiger partial charge in [0.2, 0.25) is 0 Å². The highest BCUT2D eigenvalue weighted by atomic mass is 16.5. The zero-order chi connectivity index (χ0) is 22.0. The fraction of sp³-hybridized carbons (Fsp3) is 0.417. The van der Waals surface area contributed by atoms with Gasteiger partial charge in [-0.1, -0.05) is 12.1 Å². The number of pyridine rings is 1. The molecule has 7 nitrogen and oxygen atoms in total. The Morgan fingerprint density at radius 2 is 1.90 bits per heavy atom. The molecule has 0 unspecified atom stereocenters. The number of hydroxylamine groups is 1. The normalized spacial score (nSPS) is 16.0. The van der Waals surface area contributed by atoms with E-state index in [1.807, 2.05) is 38.4 Å². The summed E-state index contributed by atoms with van der Waals surface area (Å²) >= 11 is 0. The third-order valence-corrected chi connectivity index (χ3v) is 5.96. The average molecular weight is 423 g/mol. The second-order valence-electron chi connectivity index (χ2n) is 9.13. The topological polar surface area (TPSA) is 90.6 Å². The van der Waals surface area contributed by atoms with Crippen molar-refractivity contribution in [3.63, 3.8) is 0 Å². The third kappa shape index (κ3) is 5.12. The van der Waals surface area contributed by atoms with Crippen LogP contribution in [0.5, 0.6) is 0 Å². The molecule has 164 valence electrons. The van der Waals surface area contributed by atoms with Crippen LogP contribution in [0, 0.1) is 0 Å². The third-order valence-electron chi connectivity index (χ3n) is 5.96. The van der Waals surface area contributed by atoms with Crippen molar-refractivity contribution in [2.24, 2.45) is 0 Å². The summed E-state index contributed by atoms with van der Waals surface area (Å²) in [6.45, 7) is 7.09. The van der Waals surface area contributed by atoms with Crippen LogP contribution in [0.3, 0.4) is 0 Å². The lowest BCUT2D eigenvalue weighted by molar-refractivity contribution is 0.0281. The number of amides is 1. The number of fused-ring (bicyclic) bond motifs is 1. The number of rotatable bonds is 6. The lowest BCUT2D eigenvalue weighted by Gasteiger charge is -2.35. The molecule has 1 aromatic carbocycles. The zero-order valence-corrected chi connectivity index (χ0v) is 18.1. The molecule has 1 aliphatic heterocycles. The summed E-state index contributed by atoms with van der Waals surface area (Å²) in [4.78, 5) is 18.6. The average Bonchev–Trinajstić information content (AvgIpc) is 3.15. The molecule has 1 amide bonds. The Labute approximate surface area is 182 Å². The van der Waals surface area contributed by atoms with Gasteiger partial charge in [0.25, 0.3) is 5.91 Å². The molecular formula is C24H30N4O3. The standard InChI is InChI=1S/C24H30N4O3/c1-24(2,30)16-27-10-7-18(8-11-27)21-13-20-9-12-28(22(20)25-14-21)15-17-3-5-19(6-4-17)23(29)26-31/h3-6,9,12-14,18,30-31H,7-8,10-11,15-16H2,1-2H3,(H,26,29). The van der Waals surface area contributed by atoms with Gasteiger partial charge in [0.15, 0.2) is 0 Å². The van der Waals surface area contributed by atoms with Gasteiger partial charge in [-0.2, -0.15) is 0 Å². The lowest BCUT2D eigenvalue weighted by Crippen LogP contribution is -2.42. The van der Waals surface area contributed by atoms with Crippen molar-refractivity contribution >= 4 is 16.9 Å². The van der Waals surface area contributed by atoms with Crippen LogP contribution in [-0.2, 0) is 6.54 Å². The molecular weight excluding hydrogens is 392 g/mol. The molecule has 3 aromatic rings. The number of piperidine rings is 1. The van der Waals surface area contributed by atoms with Crippen molar-refractivity contribution in [3.05, 3.63) is 65.5 Å². The van der Waals surface area contributed by atoms with Crippen LogP contribution in [-0.4, -0.2) is 55.9 Å². The predicted octanol–water partition coefficient (Wildman–Crippen LogP) is 3.15. The van der Waals surface area contributed by atoms with Crippen molar-refractivity contribution in [1.82, 2.24) is 19.9 Å².